The van der Waals surface area contributed by atoms with Gasteiger partial charge in [-0.3, -0.25) is 4.79 Å². The van der Waals surface area contributed by atoms with Gasteiger partial charge in [0.2, 0.25) is 5.91 Å². The van der Waals surface area contributed by atoms with Crippen LogP contribution in [0.3, 0.4) is 0 Å². The van der Waals surface area contributed by atoms with Crippen molar-refractivity contribution in [1.82, 2.24) is 15.3 Å². The summed E-state index contributed by atoms with van der Waals surface area (Å²) < 4.78 is 0. The molecule has 110 valence electrons. The van der Waals surface area contributed by atoms with E-state index in [0.29, 0.717) is 6.54 Å². The molecule has 4 nitrogen and oxygen atoms in total. The van der Waals surface area contributed by atoms with Gasteiger partial charge < -0.3 is 10.3 Å². The Hall–Kier alpha value is -2.88. The van der Waals surface area contributed by atoms with Gasteiger partial charge in [-0.15, -0.1) is 0 Å². The van der Waals surface area contributed by atoms with Crippen molar-refractivity contribution in [2.24, 2.45) is 0 Å². The first-order valence-corrected chi connectivity index (χ1v) is 7.25. The van der Waals surface area contributed by atoms with Gasteiger partial charge in [0.1, 0.15) is 5.65 Å². The van der Waals surface area contributed by atoms with E-state index in [0.717, 1.165) is 23.0 Å². The Morgan fingerprint density at radius 1 is 1.18 bits per heavy atom. The lowest BCUT2D eigenvalue weighted by atomic mass is 10.1. The highest BCUT2D eigenvalue weighted by molar-refractivity contribution is 5.95. The standard InChI is InChI=1S/C18H17N3O/c22-17(19-12-10-14-5-2-1-3-6-14)9-8-15-13-21-18-16(15)7-4-11-20-18/h1-9,11,13H,10,12H2,(H,19,22)(H,20,21)/b9-8+. The lowest BCUT2D eigenvalue weighted by molar-refractivity contribution is -0.116. The highest BCUT2D eigenvalue weighted by Gasteiger charge is 2.01. The largest absolute Gasteiger partial charge is 0.352 e. The van der Waals surface area contributed by atoms with Crippen molar-refractivity contribution in [2.75, 3.05) is 6.54 Å². The third-order valence-electron chi connectivity index (χ3n) is 3.45. The normalized spacial score (nSPS) is 11.1. The SMILES string of the molecule is O=C(/C=C/c1c[nH]c2ncccc12)NCCc1ccccc1. The molecule has 0 aliphatic rings. The van der Waals surface area contributed by atoms with E-state index in [1.54, 1.807) is 18.3 Å². The molecule has 0 fully saturated rings. The third-order valence-corrected chi connectivity index (χ3v) is 3.45. The van der Waals surface area contributed by atoms with Crippen molar-refractivity contribution < 1.29 is 4.79 Å². The summed E-state index contributed by atoms with van der Waals surface area (Å²) in [5, 5.41) is 3.90. The molecule has 0 radical (unpaired) electrons. The first-order valence-electron chi connectivity index (χ1n) is 7.25. The number of hydrogen-bond donors (Lipinski definition) is 2. The molecule has 3 aromatic rings. The number of pyridine rings is 1. The number of nitrogens with zero attached hydrogens (tertiary/aromatic N) is 1. The number of aromatic amines is 1. The molecular formula is C18H17N3O. The molecule has 0 bridgehead atoms. The fraction of sp³-hybridized carbons (Fsp3) is 0.111. The summed E-state index contributed by atoms with van der Waals surface area (Å²) in [6.45, 7) is 0.628. The van der Waals surface area contributed by atoms with Gasteiger partial charge in [-0.2, -0.15) is 0 Å². The van der Waals surface area contributed by atoms with Crippen LogP contribution in [0, 0.1) is 0 Å². The van der Waals surface area contributed by atoms with Crippen molar-refractivity contribution >= 4 is 23.0 Å². The zero-order valence-electron chi connectivity index (χ0n) is 12.1. The summed E-state index contributed by atoms with van der Waals surface area (Å²) in [7, 11) is 0. The van der Waals surface area contributed by atoms with E-state index in [9.17, 15) is 4.79 Å². The molecule has 1 amide bonds. The van der Waals surface area contributed by atoms with Crippen molar-refractivity contribution in [3.63, 3.8) is 0 Å². The summed E-state index contributed by atoms with van der Waals surface area (Å²) in [5.41, 5.74) is 3.00. The quantitative estimate of drug-likeness (QED) is 0.710. The molecule has 22 heavy (non-hydrogen) atoms. The maximum Gasteiger partial charge on any atom is 0.244 e. The summed E-state index contributed by atoms with van der Waals surface area (Å²) >= 11 is 0. The van der Waals surface area contributed by atoms with Gasteiger partial charge in [-0.05, 0) is 30.2 Å². The van der Waals surface area contributed by atoms with E-state index in [1.165, 1.54) is 5.56 Å². The van der Waals surface area contributed by atoms with Crippen LogP contribution in [0.25, 0.3) is 17.1 Å². The van der Waals surface area contributed by atoms with E-state index >= 15 is 0 Å². The van der Waals surface area contributed by atoms with Crippen LogP contribution in [0.2, 0.25) is 0 Å². The molecule has 0 saturated heterocycles. The van der Waals surface area contributed by atoms with Crippen LogP contribution in [0.5, 0.6) is 0 Å². The molecule has 0 atom stereocenters. The summed E-state index contributed by atoms with van der Waals surface area (Å²) in [6, 6.07) is 14.0. The van der Waals surface area contributed by atoms with Crippen LogP contribution in [0.15, 0.2) is 60.9 Å². The van der Waals surface area contributed by atoms with Gasteiger partial charge in [0.25, 0.3) is 0 Å². The van der Waals surface area contributed by atoms with E-state index in [4.69, 9.17) is 0 Å². The molecule has 2 N–H and O–H groups in total. The van der Waals surface area contributed by atoms with E-state index in [-0.39, 0.29) is 5.91 Å². The number of nitrogens with one attached hydrogen (secondary N) is 2. The van der Waals surface area contributed by atoms with E-state index < -0.39 is 0 Å². The molecule has 2 heterocycles. The molecule has 3 rings (SSSR count). The minimum Gasteiger partial charge on any atom is -0.352 e. The number of benzene rings is 1. The van der Waals surface area contributed by atoms with Gasteiger partial charge in [-0.1, -0.05) is 30.3 Å². The first-order chi connectivity index (χ1) is 10.8. The zero-order chi connectivity index (χ0) is 15.2. The van der Waals surface area contributed by atoms with Gasteiger partial charge in [-0.25, -0.2) is 4.98 Å². The number of amides is 1. The van der Waals surface area contributed by atoms with Crippen LogP contribution in [-0.2, 0) is 11.2 Å². The predicted molar refractivity (Wildman–Crippen MR) is 88.3 cm³/mol. The maximum absolute atomic E-state index is 11.8. The molecule has 0 saturated carbocycles. The van der Waals surface area contributed by atoms with Crippen LogP contribution in [-0.4, -0.2) is 22.4 Å². The van der Waals surface area contributed by atoms with Crippen LogP contribution < -0.4 is 5.32 Å². The Bertz CT molecular complexity index is 790. The van der Waals surface area contributed by atoms with Crippen molar-refractivity contribution in [2.45, 2.75) is 6.42 Å². The summed E-state index contributed by atoms with van der Waals surface area (Å²) in [5.74, 6) is -0.0887. The number of carbonyl (C=O) groups excluding carboxylic acids is 1. The van der Waals surface area contributed by atoms with Crippen LogP contribution in [0.1, 0.15) is 11.1 Å². The number of aromatic nitrogens is 2. The third kappa shape index (κ3) is 3.41. The topological polar surface area (TPSA) is 57.8 Å². The van der Waals surface area contributed by atoms with Crippen molar-refractivity contribution in [3.05, 3.63) is 72.1 Å². The van der Waals surface area contributed by atoms with E-state index in [2.05, 4.69) is 27.4 Å². The Kier molecular flexibility index (Phi) is 4.30. The lowest BCUT2D eigenvalue weighted by Crippen LogP contribution is -2.23. The fourth-order valence-corrected chi connectivity index (χ4v) is 2.31. The molecule has 0 aliphatic carbocycles. The van der Waals surface area contributed by atoms with Crippen LogP contribution in [0.4, 0.5) is 0 Å². The minimum atomic E-state index is -0.0887. The van der Waals surface area contributed by atoms with Crippen LogP contribution >= 0.6 is 0 Å². The second-order valence-electron chi connectivity index (χ2n) is 5.00. The van der Waals surface area contributed by atoms with Gasteiger partial charge in [0.05, 0.1) is 0 Å². The highest BCUT2D eigenvalue weighted by Crippen LogP contribution is 2.16. The first kappa shape index (κ1) is 14.1. The number of H-pyrrole nitrogens is 1. The molecule has 1 aromatic carbocycles. The highest BCUT2D eigenvalue weighted by atomic mass is 16.1. The summed E-state index contributed by atoms with van der Waals surface area (Å²) in [4.78, 5) is 19.1. The average Bonchev–Trinajstić information content (AvgIpc) is 2.97. The lowest BCUT2D eigenvalue weighted by Gasteiger charge is -2.02. The van der Waals surface area contributed by atoms with Gasteiger partial charge in [0, 0.05) is 36.0 Å². The number of carbonyl (C=O) groups is 1. The van der Waals surface area contributed by atoms with Gasteiger partial charge in [0.15, 0.2) is 0 Å². The Labute approximate surface area is 128 Å². The van der Waals surface area contributed by atoms with Crippen molar-refractivity contribution in [1.29, 1.82) is 0 Å². The van der Waals surface area contributed by atoms with Crippen molar-refractivity contribution in [3.8, 4) is 0 Å². The monoisotopic (exact) mass is 291 g/mol. The average molecular weight is 291 g/mol. The predicted octanol–water partition coefficient (Wildman–Crippen LogP) is 2.94. The minimum absolute atomic E-state index is 0.0887. The number of fused-ring (bicyclic) bond motifs is 1. The smallest absolute Gasteiger partial charge is 0.244 e. The van der Waals surface area contributed by atoms with E-state index in [1.807, 2.05) is 36.5 Å². The molecule has 0 aliphatic heterocycles. The number of hydrogen-bond acceptors (Lipinski definition) is 2. The molecule has 0 spiro atoms. The second kappa shape index (κ2) is 6.72. The molecular weight excluding hydrogens is 274 g/mol. The Morgan fingerprint density at radius 2 is 2.05 bits per heavy atom. The molecule has 2 aromatic heterocycles. The Balaban J connectivity index is 1.55. The maximum atomic E-state index is 11.8. The molecule has 0 unspecified atom stereocenters. The Morgan fingerprint density at radius 3 is 2.91 bits per heavy atom. The van der Waals surface area contributed by atoms with Gasteiger partial charge >= 0.3 is 0 Å². The number of rotatable bonds is 5. The summed E-state index contributed by atoms with van der Waals surface area (Å²) in [6.07, 6.45) is 7.78. The molecule has 4 heteroatoms. The second-order valence-corrected chi connectivity index (χ2v) is 5.00. The fourth-order valence-electron chi connectivity index (χ4n) is 2.31. The zero-order valence-corrected chi connectivity index (χ0v) is 12.1.